The van der Waals surface area contributed by atoms with Gasteiger partial charge in [-0.15, -0.1) is 10.2 Å². The predicted octanol–water partition coefficient (Wildman–Crippen LogP) is 5.07. The zero-order valence-electron chi connectivity index (χ0n) is 15.7. The summed E-state index contributed by atoms with van der Waals surface area (Å²) in [6.07, 6.45) is -0.700. The maximum absolute atomic E-state index is 12.4. The highest BCUT2D eigenvalue weighted by Crippen LogP contribution is 2.29. The lowest BCUT2D eigenvalue weighted by Gasteiger charge is -2.15. The van der Waals surface area contributed by atoms with E-state index in [0.29, 0.717) is 27.2 Å². The number of nitriles is 1. The summed E-state index contributed by atoms with van der Waals surface area (Å²) in [4.78, 5) is 12.4. The largest absolute Gasteiger partial charge is 0.481 e. The van der Waals surface area contributed by atoms with Crippen LogP contribution in [-0.2, 0) is 10.5 Å². The number of ether oxygens (including phenoxy) is 1. The van der Waals surface area contributed by atoms with E-state index in [2.05, 4.69) is 21.6 Å². The molecule has 0 radical (unpaired) electrons. The molecule has 1 aromatic heterocycles. The summed E-state index contributed by atoms with van der Waals surface area (Å²) in [5, 5.41) is 20.7. The first-order chi connectivity index (χ1) is 13.9. The van der Waals surface area contributed by atoms with Gasteiger partial charge in [0.15, 0.2) is 10.4 Å². The van der Waals surface area contributed by atoms with Crippen LogP contribution in [0.15, 0.2) is 46.8 Å². The van der Waals surface area contributed by atoms with Crippen LogP contribution in [0.3, 0.4) is 0 Å². The van der Waals surface area contributed by atoms with Gasteiger partial charge in [-0.2, -0.15) is 5.26 Å². The standard InChI is InChI=1S/C20H17ClN4O2S2/c1-12-9-16(21)7-8-17(12)27-13(2)18(26)23-19-24-25-20(29-19)28-11-15-5-3-14(10-22)4-6-15/h3-9,13H,11H2,1-2H3,(H,23,24,26). The number of nitrogens with one attached hydrogen (secondary N) is 1. The lowest BCUT2D eigenvalue weighted by atomic mass is 10.2. The number of anilines is 1. The Hall–Kier alpha value is -2.60. The highest BCUT2D eigenvalue weighted by atomic mass is 35.5. The Morgan fingerprint density at radius 1 is 1.31 bits per heavy atom. The molecule has 0 bridgehead atoms. The van der Waals surface area contributed by atoms with Crippen molar-refractivity contribution in [1.29, 1.82) is 5.26 Å². The van der Waals surface area contributed by atoms with Gasteiger partial charge in [0, 0.05) is 10.8 Å². The van der Waals surface area contributed by atoms with Gasteiger partial charge in [-0.3, -0.25) is 10.1 Å². The van der Waals surface area contributed by atoms with E-state index in [-0.39, 0.29) is 5.91 Å². The number of hydrogen-bond acceptors (Lipinski definition) is 7. The van der Waals surface area contributed by atoms with E-state index >= 15 is 0 Å². The average molecular weight is 445 g/mol. The molecule has 0 aliphatic rings. The molecule has 0 saturated heterocycles. The van der Waals surface area contributed by atoms with Crippen molar-refractivity contribution in [2.24, 2.45) is 0 Å². The molecule has 0 saturated carbocycles. The molecule has 0 spiro atoms. The van der Waals surface area contributed by atoms with Crippen LogP contribution in [-0.4, -0.2) is 22.2 Å². The fourth-order valence-corrected chi connectivity index (χ4v) is 4.27. The SMILES string of the molecule is Cc1cc(Cl)ccc1OC(C)C(=O)Nc1nnc(SCc2ccc(C#N)cc2)s1. The lowest BCUT2D eigenvalue weighted by molar-refractivity contribution is -0.122. The molecular weight excluding hydrogens is 428 g/mol. The van der Waals surface area contributed by atoms with Crippen molar-refractivity contribution in [3.05, 3.63) is 64.2 Å². The molecule has 1 N–H and O–H groups in total. The summed E-state index contributed by atoms with van der Waals surface area (Å²) in [5.74, 6) is 0.996. The highest BCUT2D eigenvalue weighted by Gasteiger charge is 2.18. The van der Waals surface area contributed by atoms with Crippen molar-refractivity contribution in [3.8, 4) is 11.8 Å². The van der Waals surface area contributed by atoms with Gasteiger partial charge in [0.1, 0.15) is 5.75 Å². The number of nitrogens with zero attached hydrogens (tertiary/aromatic N) is 3. The number of hydrogen-bond donors (Lipinski definition) is 1. The normalized spacial score (nSPS) is 11.5. The van der Waals surface area contributed by atoms with Gasteiger partial charge in [0.05, 0.1) is 11.6 Å². The van der Waals surface area contributed by atoms with E-state index in [4.69, 9.17) is 21.6 Å². The Balaban J connectivity index is 1.53. The van der Waals surface area contributed by atoms with Gasteiger partial charge in [0.25, 0.3) is 5.91 Å². The Kier molecular flexibility index (Phi) is 7.09. The van der Waals surface area contributed by atoms with Crippen LogP contribution in [0.2, 0.25) is 5.02 Å². The first-order valence-corrected chi connectivity index (χ1v) is 10.8. The minimum atomic E-state index is -0.700. The molecule has 2 aromatic carbocycles. The Morgan fingerprint density at radius 3 is 2.76 bits per heavy atom. The summed E-state index contributed by atoms with van der Waals surface area (Å²) < 4.78 is 6.47. The van der Waals surface area contributed by atoms with Crippen LogP contribution >= 0.6 is 34.7 Å². The smallest absolute Gasteiger partial charge is 0.266 e. The maximum Gasteiger partial charge on any atom is 0.266 e. The van der Waals surface area contributed by atoms with Crippen LogP contribution in [0.4, 0.5) is 5.13 Å². The van der Waals surface area contributed by atoms with Gasteiger partial charge in [-0.25, -0.2) is 0 Å². The van der Waals surface area contributed by atoms with E-state index in [1.807, 2.05) is 19.1 Å². The molecule has 9 heteroatoms. The zero-order chi connectivity index (χ0) is 20.8. The molecule has 3 aromatic rings. The van der Waals surface area contributed by atoms with Gasteiger partial charge in [-0.1, -0.05) is 46.8 Å². The number of rotatable bonds is 7. The third-order valence-corrected chi connectivity index (χ3v) is 6.17. The monoisotopic (exact) mass is 444 g/mol. The summed E-state index contributed by atoms with van der Waals surface area (Å²) >= 11 is 8.76. The molecule has 0 fully saturated rings. The first kappa shape index (κ1) is 21.1. The maximum atomic E-state index is 12.4. The van der Waals surface area contributed by atoms with Crippen LogP contribution in [0.5, 0.6) is 5.75 Å². The van der Waals surface area contributed by atoms with Gasteiger partial charge >= 0.3 is 0 Å². The number of thioether (sulfide) groups is 1. The third kappa shape index (κ3) is 5.94. The van der Waals surface area contributed by atoms with E-state index in [9.17, 15) is 4.79 Å². The van der Waals surface area contributed by atoms with Crippen molar-refractivity contribution >= 4 is 45.7 Å². The number of halogens is 1. The van der Waals surface area contributed by atoms with Gasteiger partial charge < -0.3 is 4.74 Å². The van der Waals surface area contributed by atoms with Crippen LogP contribution < -0.4 is 10.1 Å². The molecule has 1 unspecified atom stereocenters. The van der Waals surface area contributed by atoms with Crippen molar-refractivity contribution in [2.75, 3.05) is 5.32 Å². The molecule has 0 aliphatic heterocycles. The molecule has 148 valence electrons. The quantitative estimate of drug-likeness (QED) is 0.404. The number of carbonyl (C=O) groups excluding carboxylic acids is 1. The predicted molar refractivity (Wildman–Crippen MR) is 116 cm³/mol. The molecule has 29 heavy (non-hydrogen) atoms. The summed E-state index contributed by atoms with van der Waals surface area (Å²) in [6.45, 7) is 3.54. The molecular formula is C20H17ClN4O2S2. The number of aryl methyl sites for hydroxylation is 1. The van der Waals surface area contributed by atoms with E-state index < -0.39 is 6.10 Å². The van der Waals surface area contributed by atoms with E-state index in [1.54, 1.807) is 37.3 Å². The first-order valence-electron chi connectivity index (χ1n) is 8.63. The van der Waals surface area contributed by atoms with Crippen molar-refractivity contribution in [1.82, 2.24) is 10.2 Å². The number of benzene rings is 2. The number of amides is 1. The molecule has 0 aliphatic carbocycles. The highest BCUT2D eigenvalue weighted by molar-refractivity contribution is 8.00. The van der Waals surface area contributed by atoms with Crippen LogP contribution in [0, 0.1) is 18.3 Å². The fourth-order valence-electron chi connectivity index (χ4n) is 2.34. The molecule has 6 nitrogen and oxygen atoms in total. The zero-order valence-corrected chi connectivity index (χ0v) is 18.1. The third-order valence-electron chi connectivity index (χ3n) is 3.89. The van der Waals surface area contributed by atoms with Crippen molar-refractivity contribution < 1.29 is 9.53 Å². The van der Waals surface area contributed by atoms with Gasteiger partial charge in [-0.05, 0) is 55.3 Å². The summed E-state index contributed by atoms with van der Waals surface area (Å²) in [7, 11) is 0. The Labute approximate surface area is 181 Å². The van der Waals surface area contributed by atoms with Crippen LogP contribution in [0.25, 0.3) is 0 Å². The van der Waals surface area contributed by atoms with Crippen LogP contribution in [0.1, 0.15) is 23.6 Å². The van der Waals surface area contributed by atoms with E-state index in [0.717, 1.165) is 15.5 Å². The molecule has 1 atom stereocenters. The average Bonchev–Trinajstić information content (AvgIpc) is 3.16. The van der Waals surface area contributed by atoms with Crippen molar-refractivity contribution in [3.63, 3.8) is 0 Å². The minimum Gasteiger partial charge on any atom is -0.481 e. The summed E-state index contributed by atoms with van der Waals surface area (Å²) in [6, 6.07) is 14.7. The molecule has 3 rings (SSSR count). The van der Waals surface area contributed by atoms with Crippen molar-refractivity contribution in [2.45, 2.75) is 30.0 Å². The second-order valence-corrected chi connectivity index (χ2v) is 8.77. The van der Waals surface area contributed by atoms with E-state index in [1.165, 1.54) is 23.1 Å². The topological polar surface area (TPSA) is 87.9 Å². The molecule has 1 heterocycles. The second kappa shape index (κ2) is 9.74. The van der Waals surface area contributed by atoms with Gasteiger partial charge in [0.2, 0.25) is 5.13 Å². The molecule has 1 amide bonds. The Morgan fingerprint density at radius 2 is 2.07 bits per heavy atom. The number of carbonyl (C=O) groups is 1. The minimum absolute atomic E-state index is 0.306. The Bertz CT molecular complexity index is 1050. The lowest BCUT2D eigenvalue weighted by Crippen LogP contribution is -2.30. The number of aromatic nitrogens is 2. The summed E-state index contributed by atoms with van der Waals surface area (Å²) in [5.41, 5.74) is 2.56. The second-order valence-electron chi connectivity index (χ2n) is 6.13. The fraction of sp³-hybridized carbons (Fsp3) is 0.200.